The van der Waals surface area contributed by atoms with E-state index >= 15 is 0 Å². The smallest absolute Gasteiger partial charge is 0.248 e. The molecule has 2 N–H and O–H groups in total. The molecule has 5 heteroatoms. The summed E-state index contributed by atoms with van der Waals surface area (Å²) in [5.74, 6) is 0.540. The second-order valence-corrected chi connectivity index (χ2v) is 3.07. The number of hydrogen-bond donors (Lipinski definition) is 1. The topological polar surface area (TPSA) is 70.8 Å². The first-order valence-electron chi connectivity index (χ1n) is 4.78. The van der Waals surface area contributed by atoms with Gasteiger partial charge in [-0.1, -0.05) is 0 Å². The van der Waals surface area contributed by atoms with E-state index in [1.807, 2.05) is 0 Å². The molecule has 0 radical (unpaired) electrons. The number of amides is 1. The third-order valence-corrected chi connectivity index (χ3v) is 1.99. The number of hydrogen-bond acceptors (Lipinski definition) is 4. The first-order chi connectivity index (χ1) is 7.69. The number of primary amides is 1. The van der Waals surface area contributed by atoms with E-state index in [4.69, 9.17) is 19.9 Å². The molecule has 5 nitrogen and oxygen atoms in total. The summed E-state index contributed by atoms with van der Waals surface area (Å²) >= 11 is 0. The average Bonchev–Trinajstić information content (AvgIpc) is 2.29. The van der Waals surface area contributed by atoms with Gasteiger partial charge in [-0.3, -0.25) is 4.79 Å². The highest BCUT2D eigenvalue weighted by molar-refractivity contribution is 5.93. The average molecular weight is 225 g/mol. The zero-order valence-electron chi connectivity index (χ0n) is 9.36. The summed E-state index contributed by atoms with van der Waals surface area (Å²) in [4.78, 5) is 10.9. The summed E-state index contributed by atoms with van der Waals surface area (Å²) in [6, 6.07) is 4.78. The predicted octanol–water partition coefficient (Wildman–Crippen LogP) is 0.819. The molecule has 0 atom stereocenters. The highest BCUT2D eigenvalue weighted by Gasteiger charge is 2.08. The zero-order chi connectivity index (χ0) is 12.0. The molecule has 0 aromatic heterocycles. The lowest BCUT2D eigenvalue weighted by Gasteiger charge is -2.10. The van der Waals surface area contributed by atoms with E-state index in [9.17, 15) is 4.79 Å². The number of ether oxygens (including phenoxy) is 3. The molecule has 0 saturated carbocycles. The first-order valence-corrected chi connectivity index (χ1v) is 4.78. The van der Waals surface area contributed by atoms with Crippen molar-refractivity contribution in [2.45, 2.75) is 0 Å². The summed E-state index contributed by atoms with van der Waals surface area (Å²) in [7, 11) is 3.10. The Bertz CT molecular complexity index is 365. The predicted molar refractivity (Wildman–Crippen MR) is 58.9 cm³/mol. The Labute approximate surface area is 94.1 Å². The van der Waals surface area contributed by atoms with Crippen LogP contribution in [0.1, 0.15) is 10.4 Å². The number of nitrogens with two attached hydrogens (primary N) is 1. The van der Waals surface area contributed by atoms with E-state index in [1.54, 1.807) is 25.3 Å². The molecule has 0 spiro atoms. The van der Waals surface area contributed by atoms with Gasteiger partial charge < -0.3 is 19.9 Å². The summed E-state index contributed by atoms with van der Waals surface area (Å²) in [6.07, 6.45) is 0. The molecule has 1 aromatic carbocycles. The third-order valence-electron chi connectivity index (χ3n) is 1.99. The Balaban J connectivity index is 2.80. The highest BCUT2D eigenvalue weighted by Crippen LogP contribution is 2.27. The van der Waals surface area contributed by atoms with Gasteiger partial charge in [-0.05, 0) is 18.2 Å². The van der Waals surface area contributed by atoms with Gasteiger partial charge >= 0.3 is 0 Å². The number of carbonyl (C=O) groups excluding carboxylic acids is 1. The van der Waals surface area contributed by atoms with E-state index in [0.29, 0.717) is 30.3 Å². The Hall–Kier alpha value is -1.75. The molecule has 0 bridgehead atoms. The molecular formula is C11H15NO4. The number of rotatable bonds is 6. The second kappa shape index (κ2) is 5.97. The van der Waals surface area contributed by atoms with E-state index in [0.717, 1.165) is 0 Å². The van der Waals surface area contributed by atoms with Crippen LogP contribution in [0.15, 0.2) is 18.2 Å². The lowest BCUT2D eigenvalue weighted by molar-refractivity contribution is 0.0999. The van der Waals surface area contributed by atoms with Crippen LogP contribution >= 0.6 is 0 Å². The van der Waals surface area contributed by atoms with Crippen molar-refractivity contribution in [1.82, 2.24) is 0 Å². The third kappa shape index (κ3) is 3.13. The molecule has 0 aliphatic carbocycles. The minimum atomic E-state index is -0.498. The number of methoxy groups -OCH3 is 2. The van der Waals surface area contributed by atoms with Crippen LogP contribution in [0.2, 0.25) is 0 Å². The van der Waals surface area contributed by atoms with Crippen molar-refractivity contribution in [1.29, 1.82) is 0 Å². The van der Waals surface area contributed by atoms with Gasteiger partial charge in [0.05, 0.1) is 13.7 Å². The van der Waals surface area contributed by atoms with Crippen molar-refractivity contribution < 1.29 is 19.0 Å². The summed E-state index contributed by atoms with van der Waals surface area (Å²) < 4.78 is 15.4. The van der Waals surface area contributed by atoms with Crippen LogP contribution in [0.25, 0.3) is 0 Å². The molecular weight excluding hydrogens is 210 g/mol. The number of benzene rings is 1. The Morgan fingerprint density at radius 3 is 2.56 bits per heavy atom. The van der Waals surface area contributed by atoms with Gasteiger partial charge in [0.1, 0.15) is 6.61 Å². The fourth-order valence-corrected chi connectivity index (χ4v) is 1.18. The quantitative estimate of drug-likeness (QED) is 0.727. The highest BCUT2D eigenvalue weighted by atomic mass is 16.5. The molecule has 0 aliphatic heterocycles. The van der Waals surface area contributed by atoms with E-state index in [-0.39, 0.29) is 0 Å². The van der Waals surface area contributed by atoms with Crippen LogP contribution < -0.4 is 15.2 Å². The molecule has 1 amide bonds. The van der Waals surface area contributed by atoms with Crippen LogP contribution in [0.4, 0.5) is 0 Å². The van der Waals surface area contributed by atoms with Crippen molar-refractivity contribution in [2.75, 3.05) is 27.4 Å². The van der Waals surface area contributed by atoms with Crippen LogP contribution in [-0.2, 0) is 4.74 Å². The van der Waals surface area contributed by atoms with Crippen LogP contribution in [0.3, 0.4) is 0 Å². The first kappa shape index (κ1) is 12.3. The van der Waals surface area contributed by atoms with E-state index in [2.05, 4.69) is 0 Å². The fraction of sp³-hybridized carbons (Fsp3) is 0.364. The summed E-state index contributed by atoms with van der Waals surface area (Å²) in [5, 5.41) is 0. The van der Waals surface area contributed by atoms with E-state index < -0.39 is 5.91 Å². The standard InChI is InChI=1S/C11H15NO4/c1-14-5-6-16-9-4-3-8(11(12)13)7-10(9)15-2/h3-4,7H,5-6H2,1-2H3,(H2,12,13). The molecule has 0 unspecified atom stereocenters. The SMILES string of the molecule is COCCOc1ccc(C(N)=O)cc1OC. The van der Waals surface area contributed by atoms with Crippen LogP contribution in [0, 0.1) is 0 Å². The van der Waals surface area contributed by atoms with E-state index in [1.165, 1.54) is 7.11 Å². The van der Waals surface area contributed by atoms with Crippen LogP contribution in [-0.4, -0.2) is 33.3 Å². The zero-order valence-corrected chi connectivity index (χ0v) is 9.36. The molecule has 1 rings (SSSR count). The monoisotopic (exact) mass is 225 g/mol. The van der Waals surface area contributed by atoms with Crippen molar-refractivity contribution in [3.63, 3.8) is 0 Å². The van der Waals surface area contributed by atoms with Crippen molar-refractivity contribution in [3.05, 3.63) is 23.8 Å². The van der Waals surface area contributed by atoms with Gasteiger partial charge in [-0.25, -0.2) is 0 Å². The molecule has 0 saturated heterocycles. The number of carbonyl (C=O) groups is 1. The fourth-order valence-electron chi connectivity index (χ4n) is 1.18. The normalized spacial score (nSPS) is 9.88. The van der Waals surface area contributed by atoms with Gasteiger partial charge in [0.15, 0.2) is 11.5 Å². The van der Waals surface area contributed by atoms with Gasteiger partial charge in [0, 0.05) is 12.7 Å². The molecule has 88 valence electrons. The maximum Gasteiger partial charge on any atom is 0.248 e. The van der Waals surface area contributed by atoms with Gasteiger partial charge in [0.25, 0.3) is 0 Å². The second-order valence-electron chi connectivity index (χ2n) is 3.07. The van der Waals surface area contributed by atoms with Crippen molar-refractivity contribution in [3.8, 4) is 11.5 Å². The minimum absolute atomic E-state index is 0.385. The Kier molecular flexibility index (Phi) is 4.60. The lowest BCUT2D eigenvalue weighted by atomic mass is 10.2. The summed E-state index contributed by atoms with van der Waals surface area (Å²) in [5.41, 5.74) is 5.54. The lowest BCUT2D eigenvalue weighted by Crippen LogP contribution is -2.11. The molecule has 0 fully saturated rings. The summed E-state index contributed by atoms with van der Waals surface area (Å²) in [6.45, 7) is 0.906. The van der Waals surface area contributed by atoms with Crippen LogP contribution in [0.5, 0.6) is 11.5 Å². The van der Waals surface area contributed by atoms with Crippen molar-refractivity contribution in [2.24, 2.45) is 5.73 Å². The Morgan fingerprint density at radius 2 is 2.00 bits per heavy atom. The largest absolute Gasteiger partial charge is 0.493 e. The van der Waals surface area contributed by atoms with Gasteiger partial charge in [-0.15, -0.1) is 0 Å². The molecule has 16 heavy (non-hydrogen) atoms. The maximum atomic E-state index is 10.9. The molecule has 1 aromatic rings. The Morgan fingerprint density at radius 1 is 1.25 bits per heavy atom. The van der Waals surface area contributed by atoms with Gasteiger partial charge in [-0.2, -0.15) is 0 Å². The molecule has 0 aliphatic rings. The van der Waals surface area contributed by atoms with Gasteiger partial charge in [0.2, 0.25) is 5.91 Å². The maximum absolute atomic E-state index is 10.9. The molecule has 0 heterocycles. The van der Waals surface area contributed by atoms with Crippen molar-refractivity contribution >= 4 is 5.91 Å². The minimum Gasteiger partial charge on any atom is -0.493 e.